The second-order valence-electron chi connectivity index (χ2n) is 4.34. The first-order chi connectivity index (χ1) is 10.0. The Balaban J connectivity index is 2.36. The molecule has 21 heavy (non-hydrogen) atoms. The molecule has 0 fully saturated rings. The number of aliphatic hydroxyl groups is 1. The van der Waals surface area contributed by atoms with E-state index < -0.39 is 5.97 Å². The van der Waals surface area contributed by atoms with Gasteiger partial charge in [0, 0.05) is 0 Å². The molecule has 2 aromatic rings. The Labute approximate surface area is 124 Å². The second kappa shape index (κ2) is 6.68. The van der Waals surface area contributed by atoms with Crippen LogP contribution in [0.25, 0.3) is 0 Å². The summed E-state index contributed by atoms with van der Waals surface area (Å²) in [4.78, 5) is 10.7. The number of hydrogen-bond donors (Lipinski definition) is 2. The summed E-state index contributed by atoms with van der Waals surface area (Å²) in [7, 11) is 0. The molecule has 1 aromatic carbocycles. The van der Waals surface area contributed by atoms with Gasteiger partial charge in [0.25, 0.3) is 0 Å². The number of thioether (sulfide) groups is 1. The van der Waals surface area contributed by atoms with Gasteiger partial charge in [-0.1, -0.05) is 23.9 Å². The Kier molecular flexibility index (Phi) is 4.92. The Bertz CT molecular complexity index is 647. The average molecular weight is 311 g/mol. The van der Waals surface area contributed by atoms with Crippen molar-refractivity contribution >= 4 is 17.7 Å². The van der Waals surface area contributed by atoms with E-state index in [0.29, 0.717) is 16.5 Å². The van der Waals surface area contributed by atoms with E-state index in [0.717, 1.165) is 11.8 Å². The highest BCUT2D eigenvalue weighted by atomic mass is 32.2. The zero-order chi connectivity index (χ0) is 15.4. The van der Waals surface area contributed by atoms with Gasteiger partial charge in [-0.15, -0.1) is 10.2 Å². The molecule has 0 bridgehead atoms. The Morgan fingerprint density at radius 3 is 2.86 bits per heavy atom. The fraction of sp³-hybridized carbons (Fsp3) is 0.308. The first-order valence-electron chi connectivity index (χ1n) is 6.17. The van der Waals surface area contributed by atoms with E-state index in [-0.39, 0.29) is 24.2 Å². The SMILES string of the molecule is CC(c1cccc(F)c1)n1c(CO)nnc1SCC(=O)O. The number of aliphatic carboxylic acids is 1. The molecule has 0 aliphatic heterocycles. The molecule has 0 amide bonds. The van der Waals surface area contributed by atoms with Crippen LogP contribution >= 0.6 is 11.8 Å². The number of carboxylic acid groups (broad SMARTS) is 1. The van der Waals surface area contributed by atoms with Crippen LogP contribution < -0.4 is 0 Å². The van der Waals surface area contributed by atoms with Gasteiger partial charge in [-0.2, -0.15) is 0 Å². The summed E-state index contributed by atoms with van der Waals surface area (Å²) in [6.07, 6.45) is 0. The van der Waals surface area contributed by atoms with Crippen LogP contribution in [0.5, 0.6) is 0 Å². The van der Waals surface area contributed by atoms with Gasteiger partial charge in [-0.05, 0) is 24.6 Å². The van der Waals surface area contributed by atoms with Crippen molar-refractivity contribution in [2.45, 2.75) is 24.7 Å². The van der Waals surface area contributed by atoms with E-state index in [2.05, 4.69) is 10.2 Å². The molecule has 0 spiro atoms. The highest BCUT2D eigenvalue weighted by Crippen LogP contribution is 2.26. The molecule has 2 N–H and O–H groups in total. The number of carboxylic acids is 1. The lowest BCUT2D eigenvalue weighted by Gasteiger charge is -2.17. The molecule has 2 rings (SSSR count). The van der Waals surface area contributed by atoms with Crippen LogP contribution in [0.15, 0.2) is 29.4 Å². The zero-order valence-corrected chi connectivity index (χ0v) is 12.0. The molecular weight excluding hydrogens is 297 g/mol. The maximum atomic E-state index is 13.3. The molecule has 1 unspecified atom stereocenters. The predicted molar refractivity (Wildman–Crippen MR) is 74.5 cm³/mol. The minimum absolute atomic E-state index is 0.167. The third kappa shape index (κ3) is 3.59. The summed E-state index contributed by atoms with van der Waals surface area (Å²) in [6, 6.07) is 5.75. The Hall–Kier alpha value is -1.93. The molecule has 0 saturated carbocycles. The molecule has 112 valence electrons. The number of benzene rings is 1. The molecule has 1 aromatic heterocycles. The third-order valence-corrected chi connectivity index (χ3v) is 3.85. The van der Waals surface area contributed by atoms with Gasteiger partial charge >= 0.3 is 5.97 Å². The van der Waals surface area contributed by atoms with Crippen molar-refractivity contribution in [2.24, 2.45) is 0 Å². The van der Waals surface area contributed by atoms with Crippen molar-refractivity contribution in [2.75, 3.05) is 5.75 Å². The van der Waals surface area contributed by atoms with Gasteiger partial charge in [0.1, 0.15) is 12.4 Å². The zero-order valence-electron chi connectivity index (χ0n) is 11.2. The van der Waals surface area contributed by atoms with Crippen LogP contribution in [0.1, 0.15) is 24.4 Å². The van der Waals surface area contributed by atoms with E-state index in [1.165, 1.54) is 12.1 Å². The van der Waals surface area contributed by atoms with Crippen LogP contribution in [0.4, 0.5) is 4.39 Å². The van der Waals surface area contributed by atoms with Crippen LogP contribution in [0.3, 0.4) is 0 Å². The molecule has 0 saturated heterocycles. The van der Waals surface area contributed by atoms with Gasteiger partial charge in [0.05, 0.1) is 11.8 Å². The van der Waals surface area contributed by atoms with Gasteiger partial charge < -0.3 is 10.2 Å². The van der Waals surface area contributed by atoms with Crippen molar-refractivity contribution in [1.82, 2.24) is 14.8 Å². The third-order valence-electron chi connectivity index (χ3n) is 2.92. The van der Waals surface area contributed by atoms with E-state index in [1.807, 2.05) is 6.92 Å². The molecular formula is C13H14FN3O3S. The molecule has 0 aliphatic carbocycles. The van der Waals surface area contributed by atoms with Gasteiger partial charge in [0.15, 0.2) is 11.0 Å². The standard InChI is InChI=1S/C13H14FN3O3S/c1-8(9-3-2-4-10(14)5-9)17-11(6-18)15-16-13(17)21-7-12(19)20/h2-5,8,18H,6-7H2,1H3,(H,19,20). The predicted octanol–water partition coefficient (Wildman–Crippen LogP) is 1.70. The van der Waals surface area contributed by atoms with Crippen molar-refractivity contribution in [1.29, 1.82) is 0 Å². The van der Waals surface area contributed by atoms with Gasteiger partial charge in [-0.25, -0.2) is 4.39 Å². The van der Waals surface area contributed by atoms with E-state index >= 15 is 0 Å². The van der Waals surface area contributed by atoms with Gasteiger partial charge in [-0.3, -0.25) is 9.36 Å². The number of hydrogen-bond acceptors (Lipinski definition) is 5. The summed E-state index contributed by atoms with van der Waals surface area (Å²) >= 11 is 1.00. The summed E-state index contributed by atoms with van der Waals surface area (Å²) in [5.41, 5.74) is 0.682. The largest absolute Gasteiger partial charge is 0.481 e. The number of halogens is 1. The normalized spacial score (nSPS) is 12.3. The number of aliphatic hydroxyl groups excluding tert-OH is 1. The van der Waals surface area contributed by atoms with Crippen LogP contribution in [-0.2, 0) is 11.4 Å². The van der Waals surface area contributed by atoms with Crippen molar-refractivity contribution in [3.63, 3.8) is 0 Å². The molecule has 0 radical (unpaired) electrons. The fourth-order valence-electron chi connectivity index (χ4n) is 1.94. The van der Waals surface area contributed by atoms with E-state index in [9.17, 15) is 14.3 Å². The number of carbonyl (C=O) groups is 1. The van der Waals surface area contributed by atoms with Crippen LogP contribution in [0.2, 0.25) is 0 Å². The minimum Gasteiger partial charge on any atom is -0.481 e. The maximum absolute atomic E-state index is 13.3. The van der Waals surface area contributed by atoms with E-state index in [1.54, 1.807) is 16.7 Å². The first kappa shape index (κ1) is 15.5. The summed E-state index contributed by atoms with van der Waals surface area (Å²) < 4.78 is 14.9. The number of rotatable bonds is 6. The maximum Gasteiger partial charge on any atom is 0.313 e. The molecule has 1 atom stereocenters. The first-order valence-corrected chi connectivity index (χ1v) is 7.16. The lowest BCUT2D eigenvalue weighted by molar-refractivity contribution is -0.133. The minimum atomic E-state index is -0.974. The topological polar surface area (TPSA) is 88.2 Å². The molecule has 6 nitrogen and oxygen atoms in total. The van der Waals surface area contributed by atoms with Crippen LogP contribution in [0, 0.1) is 5.82 Å². The van der Waals surface area contributed by atoms with E-state index in [4.69, 9.17) is 5.11 Å². The highest BCUT2D eigenvalue weighted by molar-refractivity contribution is 7.99. The second-order valence-corrected chi connectivity index (χ2v) is 5.28. The molecule has 8 heteroatoms. The van der Waals surface area contributed by atoms with Gasteiger partial charge in [0.2, 0.25) is 0 Å². The lowest BCUT2D eigenvalue weighted by atomic mass is 10.1. The summed E-state index contributed by atoms with van der Waals surface area (Å²) in [5.74, 6) is -1.20. The molecule has 1 heterocycles. The average Bonchev–Trinajstić information content (AvgIpc) is 2.87. The fourth-order valence-corrected chi connectivity index (χ4v) is 2.70. The van der Waals surface area contributed by atoms with Crippen LogP contribution in [-0.4, -0.2) is 36.7 Å². The molecule has 0 aliphatic rings. The lowest BCUT2D eigenvalue weighted by Crippen LogP contribution is -2.13. The smallest absolute Gasteiger partial charge is 0.313 e. The van der Waals surface area contributed by atoms with Crippen molar-refractivity contribution < 1.29 is 19.4 Å². The number of aromatic nitrogens is 3. The highest BCUT2D eigenvalue weighted by Gasteiger charge is 2.19. The van der Waals surface area contributed by atoms with Crippen molar-refractivity contribution in [3.05, 3.63) is 41.5 Å². The quantitative estimate of drug-likeness (QED) is 0.789. The summed E-state index contributed by atoms with van der Waals surface area (Å²) in [6.45, 7) is 1.47. The monoisotopic (exact) mass is 311 g/mol. The Morgan fingerprint density at radius 1 is 1.48 bits per heavy atom. The Morgan fingerprint density at radius 2 is 2.24 bits per heavy atom. The number of nitrogens with zero attached hydrogens (tertiary/aromatic N) is 3. The summed E-state index contributed by atoms with van der Waals surface area (Å²) in [5, 5.41) is 26.2. The van der Waals surface area contributed by atoms with Crippen molar-refractivity contribution in [3.8, 4) is 0 Å².